The second kappa shape index (κ2) is 11.8. The Morgan fingerprint density at radius 1 is 1.05 bits per heavy atom. The SMILES string of the molecule is CC(C)(C)OC(=O)N1CC2=C(/C(=C/c3ccc(F)cc3)C1)N(c1ccc(Cl)cc1Cl)NC2C(=O)NN1CC2CCCC2C1. The number of hydrogen-bond donors (Lipinski definition) is 2. The first-order valence-electron chi connectivity index (χ1n) is 14.7. The van der Waals surface area contributed by atoms with Crippen LogP contribution in [0.1, 0.15) is 45.6 Å². The van der Waals surface area contributed by atoms with E-state index in [2.05, 4.69) is 10.9 Å². The maximum absolute atomic E-state index is 14.0. The van der Waals surface area contributed by atoms with Gasteiger partial charge in [0.15, 0.2) is 0 Å². The number of nitrogens with one attached hydrogen (secondary N) is 2. The van der Waals surface area contributed by atoms with Gasteiger partial charge < -0.3 is 4.74 Å². The molecule has 0 bridgehead atoms. The van der Waals surface area contributed by atoms with Crippen LogP contribution in [0.4, 0.5) is 14.9 Å². The molecule has 8 nitrogen and oxygen atoms in total. The third kappa shape index (κ3) is 6.41. The lowest BCUT2D eigenvalue weighted by Crippen LogP contribution is -2.53. The van der Waals surface area contributed by atoms with Crippen molar-refractivity contribution in [1.82, 2.24) is 20.8 Å². The van der Waals surface area contributed by atoms with Gasteiger partial charge in [0.05, 0.1) is 23.0 Å². The van der Waals surface area contributed by atoms with Crippen LogP contribution in [0.25, 0.3) is 6.08 Å². The van der Waals surface area contributed by atoms with E-state index in [9.17, 15) is 14.0 Å². The van der Waals surface area contributed by atoms with Gasteiger partial charge in [-0.25, -0.2) is 19.6 Å². The standard InChI is InChI=1S/C32H36Cl2FN5O3/c1-32(2,3)43-31(42)38-15-22(13-19-7-10-24(35)11-8-19)29-25(18-38)28(36-40(29)27-12-9-23(33)14-26(27)34)30(41)37-39-16-20-5-4-6-21(20)17-39/h7-14,20-21,28,36H,4-6,15-18H2,1-3H3,(H,37,41)/b22-13+. The molecule has 1 saturated heterocycles. The zero-order valence-electron chi connectivity index (χ0n) is 24.5. The van der Waals surface area contributed by atoms with Gasteiger partial charge in [-0.3, -0.25) is 20.1 Å². The van der Waals surface area contributed by atoms with Crippen LogP contribution in [0, 0.1) is 17.7 Å². The van der Waals surface area contributed by atoms with E-state index in [4.69, 9.17) is 27.9 Å². The summed E-state index contributed by atoms with van der Waals surface area (Å²) in [4.78, 5) is 28.9. The van der Waals surface area contributed by atoms with E-state index >= 15 is 0 Å². The molecule has 6 rings (SSSR count). The fourth-order valence-electron chi connectivity index (χ4n) is 6.56. The Kier molecular flexibility index (Phi) is 8.19. The quantitative estimate of drug-likeness (QED) is 0.422. The zero-order valence-corrected chi connectivity index (χ0v) is 26.0. The van der Waals surface area contributed by atoms with Gasteiger partial charge in [-0.15, -0.1) is 0 Å². The van der Waals surface area contributed by atoms with Crippen molar-refractivity contribution in [1.29, 1.82) is 0 Å². The van der Waals surface area contributed by atoms with Crippen LogP contribution in [-0.2, 0) is 9.53 Å². The summed E-state index contributed by atoms with van der Waals surface area (Å²) in [6.07, 6.45) is 5.04. The maximum atomic E-state index is 14.0. The second-order valence-corrected chi connectivity index (χ2v) is 13.6. The zero-order chi connectivity index (χ0) is 30.5. The number of carbonyl (C=O) groups is 2. The first-order chi connectivity index (χ1) is 20.4. The number of benzene rings is 2. The molecule has 2 aromatic carbocycles. The minimum atomic E-state index is -0.788. The number of fused-ring (bicyclic) bond motifs is 1. The first-order valence-corrected chi connectivity index (χ1v) is 15.4. The van der Waals surface area contributed by atoms with Gasteiger partial charge in [0.1, 0.15) is 17.5 Å². The van der Waals surface area contributed by atoms with E-state index in [1.54, 1.807) is 40.2 Å². The van der Waals surface area contributed by atoms with Gasteiger partial charge in [0, 0.05) is 30.2 Å². The fraction of sp³-hybridized carbons (Fsp3) is 0.438. The largest absolute Gasteiger partial charge is 0.444 e. The van der Waals surface area contributed by atoms with Gasteiger partial charge in [-0.1, -0.05) is 41.8 Å². The molecule has 228 valence electrons. The lowest BCUT2D eigenvalue weighted by Gasteiger charge is -2.34. The number of carbonyl (C=O) groups excluding carboxylic acids is 2. The van der Waals surface area contributed by atoms with E-state index < -0.39 is 17.7 Å². The van der Waals surface area contributed by atoms with E-state index in [-0.39, 0.29) is 24.8 Å². The molecule has 4 aliphatic rings. The van der Waals surface area contributed by atoms with Gasteiger partial charge in [0.25, 0.3) is 5.91 Å². The molecule has 11 heteroatoms. The summed E-state index contributed by atoms with van der Waals surface area (Å²) in [5.74, 6) is 0.658. The average Bonchev–Trinajstić information content (AvgIpc) is 3.63. The van der Waals surface area contributed by atoms with E-state index in [0.29, 0.717) is 33.1 Å². The maximum Gasteiger partial charge on any atom is 0.410 e. The highest BCUT2D eigenvalue weighted by Crippen LogP contribution is 2.41. The Hall–Kier alpha value is -3.11. The summed E-state index contributed by atoms with van der Waals surface area (Å²) < 4.78 is 19.5. The topological polar surface area (TPSA) is 77.1 Å². The molecule has 43 heavy (non-hydrogen) atoms. The molecule has 2 fully saturated rings. The van der Waals surface area contributed by atoms with Crippen molar-refractivity contribution in [3.63, 3.8) is 0 Å². The third-order valence-electron chi connectivity index (χ3n) is 8.43. The molecule has 0 radical (unpaired) electrons. The highest BCUT2D eigenvalue weighted by molar-refractivity contribution is 6.36. The van der Waals surface area contributed by atoms with Crippen LogP contribution < -0.4 is 15.9 Å². The van der Waals surface area contributed by atoms with Crippen molar-refractivity contribution < 1.29 is 18.7 Å². The molecule has 2 N–H and O–H groups in total. The fourth-order valence-corrected chi connectivity index (χ4v) is 7.05. The van der Waals surface area contributed by atoms with E-state index in [1.807, 2.05) is 31.9 Å². The number of amides is 2. The highest BCUT2D eigenvalue weighted by Gasteiger charge is 2.45. The predicted octanol–water partition coefficient (Wildman–Crippen LogP) is 6.18. The molecule has 3 aliphatic heterocycles. The molecule has 0 aromatic heterocycles. The molecular formula is C32H36Cl2FN5O3. The summed E-state index contributed by atoms with van der Waals surface area (Å²) in [7, 11) is 0. The van der Waals surface area contributed by atoms with Gasteiger partial charge in [-0.05, 0) is 93.0 Å². The number of anilines is 1. The summed E-state index contributed by atoms with van der Waals surface area (Å²) in [6.45, 7) is 7.50. The Bertz CT molecular complexity index is 1480. The molecule has 1 aliphatic carbocycles. The van der Waals surface area contributed by atoms with Crippen molar-refractivity contribution in [2.75, 3.05) is 31.2 Å². The van der Waals surface area contributed by atoms with Crippen molar-refractivity contribution in [2.24, 2.45) is 11.8 Å². The number of hydrazine groups is 2. The normalized spacial score (nSPS) is 24.9. The molecule has 2 aromatic rings. The molecule has 0 spiro atoms. The van der Waals surface area contributed by atoms with Crippen LogP contribution in [0.5, 0.6) is 0 Å². The number of halogens is 3. The monoisotopic (exact) mass is 627 g/mol. The van der Waals surface area contributed by atoms with Crippen molar-refractivity contribution in [3.8, 4) is 0 Å². The lowest BCUT2D eigenvalue weighted by molar-refractivity contribution is -0.126. The summed E-state index contributed by atoms with van der Waals surface area (Å²) >= 11 is 12.9. The van der Waals surface area contributed by atoms with Gasteiger partial charge in [0.2, 0.25) is 0 Å². The van der Waals surface area contributed by atoms with Crippen LogP contribution >= 0.6 is 23.2 Å². The highest BCUT2D eigenvalue weighted by atomic mass is 35.5. The van der Waals surface area contributed by atoms with Crippen LogP contribution in [0.3, 0.4) is 0 Å². The van der Waals surface area contributed by atoms with E-state index in [1.165, 1.54) is 31.4 Å². The Balaban J connectivity index is 1.40. The van der Waals surface area contributed by atoms with E-state index in [0.717, 1.165) is 29.9 Å². The number of ether oxygens (including phenoxy) is 1. The van der Waals surface area contributed by atoms with Gasteiger partial charge in [-0.2, -0.15) is 0 Å². The second-order valence-electron chi connectivity index (χ2n) is 12.8. The van der Waals surface area contributed by atoms with Crippen molar-refractivity contribution in [2.45, 2.75) is 51.7 Å². The summed E-state index contributed by atoms with van der Waals surface area (Å²) in [6, 6.07) is 10.5. The lowest BCUT2D eigenvalue weighted by atomic mass is 9.95. The minimum Gasteiger partial charge on any atom is -0.444 e. The smallest absolute Gasteiger partial charge is 0.410 e. The molecule has 3 heterocycles. The average molecular weight is 629 g/mol. The molecule has 2 amide bonds. The number of hydrogen-bond acceptors (Lipinski definition) is 6. The summed E-state index contributed by atoms with van der Waals surface area (Å²) in [5.41, 5.74) is 9.36. The predicted molar refractivity (Wildman–Crippen MR) is 166 cm³/mol. The first kappa shape index (κ1) is 29.9. The molecule has 3 atom stereocenters. The Morgan fingerprint density at radius 2 is 1.74 bits per heavy atom. The minimum absolute atomic E-state index is 0.170. The number of rotatable bonds is 4. The van der Waals surface area contributed by atoms with Gasteiger partial charge >= 0.3 is 6.09 Å². The molecule has 1 saturated carbocycles. The summed E-state index contributed by atoms with van der Waals surface area (Å²) in [5, 5.41) is 4.72. The van der Waals surface area contributed by atoms with Crippen LogP contribution in [0.2, 0.25) is 10.0 Å². The van der Waals surface area contributed by atoms with Crippen molar-refractivity contribution in [3.05, 3.63) is 80.7 Å². The number of nitrogens with zero attached hydrogens (tertiary/aromatic N) is 3. The van der Waals surface area contributed by atoms with Crippen LogP contribution in [0.15, 0.2) is 59.3 Å². The van der Waals surface area contributed by atoms with Crippen LogP contribution in [-0.4, -0.2) is 59.7 Å². The molecule has 3 unspecified atom stereocenters. The van der Waals surface area contributed by atoms with Crippen molar-refractivity contribution >= 4 is 47.0 Å². The Morgan fingerprint density at radius 3 is 2.40 bits per heavy atom. The third-order valence-corrected chi connectivity index (χ3v) is 8.97. The Labute approximate surface area is 261 Å². The molecular weight excluding hydrogens is 592 g/mol.